The highest BCUT2D eigenvalue weighted by Crippen LogP contribution is 2.43. The van der Waals surface area contributed by atoms with E-state index >= 15 is 0 Å². The van der Waals surface area contributed by atoms with E-state index in [-0.39, 0.29) is 0 Å². The quantitative estimate of drug-likeness (QED) is 0.185. The van der Waals surface area contributed by atoms with Crippen molar-refractivity contribution in [1.29, 1.82) is 0 Å². The van der Waals surface area contributed by atoms with E-state index in [9.17, 15) is 0 Å². The molecule has 0 unspecified atom stereocenters. The van der Waals surface area contributed by atoms with Gasteiger partial charge in [0.1, 0.15) is 5.82 Å². The van der Waals surface area contributed by atoms with E-state index in [2.05, 4.69) is 163 Å². The van der Waals surface area contributed by atoms with Crippen molar-refractivity contribution in [3.63, 3.8) is 0 Å². The third kappa shape index (κ3) is 3.76. The van der Waals surface area contributed by atoms with Crippen LogP contribution in [0.4, 0.5) is 0 Å². The van der Waals surface area contributed by atoms with Crippen LogP contribution in [-0.4, -0.2) is 9.55 Å². The number of hydrogen-bond acceptors (Lipinski definition) is 1. The molecule has 2 nitrogen and oxygen atoms in total. The van der Waals surface area contributed by atoms with E-state index in [4.69, 9.17) is 4.98 Å². The van der Waals surface area contributed by atoms with Crippen molar-refractivity contribution in [2.75, 3.05) is 0 Å². The van der Waals surface area contributed by atoms with Crippen LogP contribution < -0.4 is 0 Å². The lowest BCUT2D eigenvalue weighted by atomic mass is 9.87. The average molecular weight is 599 g/mol. The lowest BCUT2D eigenvalue weighted by molar-refractivity contribution is 0.797. The molecule has 0 radical (unpaired) electrons. The molecule has 10 rings (SSSR count). The molecule has 0 saturated heterocycles. The summed E-state index contributed by atoms with van der Waals surface area (Å²) in [4.78, 5) is 5.14. The number of imidazole rings is 1. The molecule has 220 valence electrons. The normalized spacial score (nSPS) is 12.0. The van der Waals surface area contributed by atoms with E-state index in [1.807, 2.05) is 0 Å². The molecule has 0 saturated carbocycles. The van der Waals surface area contributed by atoms with Gasteiger partial charge in [0.05, 0.1) is 11.0 Å². The van der Waals surface area contributed by atoms with Crippen molar-refractivity contribution in [3.8, 4) is 22.5 Å². The Morgan fingerprint density at radius 1 is 0.447 bits per heavy atom. The van der Waals surface area contributed by atoms with E-state index in [1.165, 1.54) is 81.3 Å². The second kappa shape index (κ2) is 10.0. The first-order chi connectivity index (χ1) is 23.3. The SMILES string of the molecule is CCn1c(-c2ccc(-c3cc4ccc5cccc6c7ccccc7c7ccccc7c(c3)c4c56)c3ccccc23)nc2ccccc21. The van der Waals surface area contributed by atoms with Crippen molar-refractivity contribution in [1.82, 2.24) is 9.55 Å². The van der Waals surface area contributed by atoms with Gasteiger partial charge in [0.25, 0.3) is 0 Å². The largest absolute Gasteiger partial charge is 0.324 e. The van der Waals surface area contributed by atoms with Crippen LogP contribution in [0.15, 0.2) is 152 Å². The number of aryl methyl sites for hydroxylation is 1. The molecule has 2 heteroatoms. The van der Waals surface area contributed by atoms with Gasteiger partial charge in [-0.1, -0.05) is 121 Å². The zero-order valence-corrected chi connectivity index (χ0v) is 26.0. The predicted molar refractivity (Wildman–Crippen MR) is 201 cm³/mol. The van der Waals surface area contributed by atoms with Gasteiger partial charge < -0.3 is 4.57 Å². The Morgan fingerprint density at radius 3 is 1.74 bits per heavy atom. The molecule has 1 aromatic heterocycles. The van der Waals surface area contributed by atoms with Gasteiger partial charge >= 0.3 is 0 Å². The van der Waals surface area contributed by atoms with Crippen molar-refractivity contribution in [2.45, 2.75) is 13.5 Å². The van der Waals surface area contributed by atoms with E-state index in [1.54, 1.807) is 0 Å². The molecule has 47 heavy (non-hydrogen) atoms. The second-order valence-corrected chi connectivity index (χ2v) is 12.6. The molecular weight excluding hydrogens is 569 g/mol. The summed E-state index contributed by atoms with van der Waals surface area (Å²) in [5, 5.41) is 15.3. The molecule has 0 spiro atoms. The topological polar surface area (TPSA) is 17.8 Å². The van der Waals surface area contributed by atoms with Crippen LogP contribution >= 0.6 is 0 Å². The van der Waals surface area contributed by atoms with Gasteiger partial charge in [-0.25, -0.2) is 4.98 Å². The summed E-state index contributed by atoms with van der Waals surface area (Å²) in [6.07, 6.45) is 0. The molecule has 1 heterocycles. The first-order valence-corrected chi connectivity index (χ1v) is 16.4. The fourth-order valence-corrected chi connectivity index (χ4v) is 8.09. The molecule has 0 aliphatic rings. The zero-order valence-electron chi connectivity index (χ0n) is 26.0. The molecule has 0 atom stereocenters. The molecule has 0 amide bonds. The van der Waals surface area contributed by atoms with Crippen LogP contribution in [0.2, 0.25) is 0 Å². The third-order valence-electron chi connectivity index (χ3n) is 10.1. The molecule has 0 N–H and O–H groups in total. The van der Waals surface area contributed by atoms with Crippen molar-refractivity contribution < 1.29 is 0 Å². The first kappa shape index (κ1) is 26.2. The Morgan fingerprint density at radius 2 is 1.00 bits per heavy atom. The van der Waals surface area contributed by atoms with Crippen LogP contribution in [-0.2, 0) is 6.54 Å². The van der Waals surface area contributed by atoms with Gasteiger partial charge in [0, 0.05) is 12.1 Å². The van der Waals surface area contributed by atoms with Crippen LogP contribution in [0, 0.1) is 0 Å². The summed E-state index contributed by atoms with van der Waals surface area (Å²) in [7, 11) is 0. The van der Waals surface area contributed by atoms with Gasteiger partial charge in [-0.15, -0.1) is 0 Å². The molecule has 9 aromatic carbocycles. The number of aromatic nitrogens is 2. The molecular formula is C45H30N2. The van der Waals surface area contributed by atoms with Crippen molar-refractivity contribution in [3.05, 3.63) is 152 Å². The Balaban J connectivity index is 1.33. The van der Waals surface area contributed by atoms with Gasteiger partial charge in [-0.05, 0) is 113 Å². The summed E-state index contributed by atoms with van der Waals surface area (Å²) in [5.74, 6) is 1.02. The molecule has 0 aliphatic heterocycles. The maximum atomic E-state index is 5.14. The molecule has 10 aromatic rings. The Labute approximate surface area is 272 Å². The lowest BCUT2D eigenvalue weighted by Gasteiger charge is -2.17. The smallest absolute Gasteiger partial charge is 0.141 e. The summed E-state index contributed by atoms with van der Waals surface area (Å²) >= 11 is 0. The summed E-state index contributed by atoms with van der Waals surface area (Å²) < 4.78 is 2.33. The number of para-hydroxylation sites is 2. The molecule has 0 bridgehead atoms. The Bertz CT molecular complexity index is 2890. The summed E-state index contributed by atoms with van der Waals surface area (Å²) in [6.45, 7) is 3.06. The van der Waals surface area contributed by atoms with Gasteiger partial charge in [-0.3, -0.25) is 0 Å². The third-order valence-corrected chi connectivity index (χ3v) is 10.1. The highest BCUT2D eigenvalue weighted by Gasteiger charge is 2.18. The lowest BCUT2D eigenvalue weighted by Crippen LogP contribution is -1.98. The number of hydrogen-bond donors (Lipinski definition) is 0. The van der Waals surface area contributed by atoms with Crippen LogP contribution in [0.1, 0.15) is 6.92 Å². The first-order valence-electron chi connectivity index (χ1n) is 16.4. The number of nitrogens with zero attached hydrogens (tertiary/aromatic N) is 2. The van der Waals surface area contributed by atoms with Crippen molar-refractivity contribution in [2.24, 2.45) is 0 Å². The Hall–Kier alpha value is -5.99. The van der Waals surface area contributed by atoms with Gasteiger partial charge in [0.2, 0.25) is 0 Å². The standard InChI is InChI=1S/C45H30N2/c1-2-47-42-21-10-9-20-41(42)46-45(47)39-25-24-31(32-13-3-7-17-36(32)39)30-26-29-23-22-28-12-11-19-38-35-16-6-4-14-33(35)34-15-5-8-18-37(34)40(27-30)44(29)43(28)38/h3-27H,2H2,1H3. The average Bonchev–Trinajstić information content (AvgIpc) is 3.51. The van der Waals surface area contributed by atoms with E-state index in [0.29, 0.717) is 0 Å². The van der Waals surface area contributed by atoms with Crippen LogP contribution in [0.5, 0.6) is 0 Å². The highest BCUT2D eigenvalue weighted by atomic mass is 15.1. The minimum absolute atomic E-state index is 0.860. The van der Waals surface area contributed by atoms with Crippen LogP contribution in [0.3, 0.4) is 0 Å². The number of fused-ring (bicyclic) bond motifs is 7. The minimum atomic E-state index is 0.860. The monoisotopic (exact) mass is 598 g/mol. The van der Waals surface area contributed by atoms with E-state index in [0.717, 1.165) is 23.4 Å². The van der Waals surface area contributed by atoms with Gasteiger partial charge in [-0.2, -0.15) is 0 Å². The van der Waals surface area contributed by atoms with Crippen molar-refractivity contribution >= 4 is 75.7 Å². The highest BCUT2D eigenvalue weighted by molar-refractivity contribution is 6.33. The number of benzene rings is 8. The van der Waals surface area contributed by atoms with Crippen LogP contribution in [0.25, 0.3) is 98.2 Å². The zero-order chi connectivity index (χ0) is 31.1. The minimum Gasteiger partial charge on any atom is -0.324 e. The fourth-order valence-electron chi connectivity index (χ4n) is 8.09. The second-order valence-electron chi connectivity index (χ2n) is 12.6. The fraction of sp³-hybridized carbons (Fsp3) is 0.0444. The number of rotatable bonds is 3. The summed E-state index contributed by atoms with van der Waals surface area (Å²) in [5.41, 5.74) is 5.82. The molecule has 0 aliphatic carbocycles. The maximum absolute atomic E-state index is 5.14. The predicted octanol–water partition coefficient (Wildman–Crippen LogP) is 12.3. The maximum Gasteiger partial charge on any atom is 0.141 e. The van der Waals surface area contributed by atoms with Gasteiger partial charge in [0.15, 0.2) is 0 Å². The molecule has 0 fully saturated rings. The van der Waals surface area contributed by atoms with E-state index < -0.39 is 0 Å². The summed E-state index contributed by atoms with van der Waals surface area (Å²) in [6, 6.07) is 55.8. The Kier molecular flexibility index (Phi) is 5.59.